The summed E-state index contributed by atoms with van der Waals surface area (Å²) in [7, 11) is -5.22. The molecule has 0 N–H and O–H groups in total. The molecule has 0 radical (unpaired) electrons. The van der Waals surface area contributed by atoms with Gasteiger partial charge >= 0.3 is 17.1 Å². The molecule has 0 saturated heterocycles. The van der Waals surface area contributed by atoms with Crippen molar-refractivity contribution in [3.63, 3.8) is 0 Å². The largest absolute Gasteiger partial charge is 0.391 e. The predicted octanol–water partition coefficient (Wildman–Crippen LogP) is 7.69. The van der Waals surface area contributed by atoms with Crippen LogP contribution in [0.25, 0.3) is 0 Å². The molecule has 31 heavy (non-hydrogen) atoms. The van der Waals surface area contributed by atoms with Crippen molar-refractivity contribution in [2.45, 2.75) is 111 Å². The molecule has 0 spiro atoms. The number of rotatable bonds is 22. The highest BCUT2D eigenvalue weighted by Gasteiger charge is 2.49. The first-order valence-electron chi connectivity index (χ1n) is 13.0. The van der Waals surface area contributed by atoms with E-state index in [0.717, 1.165) is 70.6 Å². The first-order valence-corrected chi connectivity index (χ1v) is 17.2. The minimum Gasteiger partial charge on any atom is -0.391 e. The van der Waals surface area contributed by atoms with Crippen LogP contribution in [0.1, 0.15) is 106 Å². The van der Waals surface area contributed by atoms with Gasteiger partial charge in [0, 0.05) is 32.1 Å². The van der Waals surface area contributed by atoms with E-state index in [2.05, 4.69) is 65.1 Å². The van der Waals surface area contributed by atoms with E-state index in [1.54, 1.807) is 0 Å². The van der Waals surface area contributed by atoms with Gasteiger partial charge in [-0.25, -0.2) is 0 Å². The molecular formula is C25H52O4Si2. The summed E-state index contributed by atoms with van der Waals surface area (Å²) in [5, 5.41) is 0. The monoisotopic (exact) mass is 472 g/mol. The van der Waals surface area contributed by atoms with Crippen LogP contribution in [0, 0.1) is 0 Å². The summed E-state index contributed by atoms with van der Waals surface area (Å²) in [4.78, 5) is 0. The van der Waals surface area contributed by atoms with E-state index in [-0.39, 0.29) is 0 Å². The number of unbranched alkanes of at least 4 members (excludes halogenated alkanes) is 4. The maximum absolute atomic E-state index is 6.57. The zero-order valence-electron chi connectivity index (χ0n) is 21.5. The van der Waals surface area contributed by atoms with Gasteiger partial charge in [-0.3, -0.25) is 0 Å². The van der Waals surface area contributed by atoms with E-state index in [1.807, 2.05) is 0 Å². The van der Waals surface area contributed by atoms with E-state index in [4.69, 9.17) is 17.7 Å². The molecule has 0 bridgehead atoms. The third-order valence-corrected chi connectivity index (χ3v) is 13.1. The van der Waals surface area contributed by atoms with Crippen LogP contribution >= 0.6 is 0 Å². The van der Waals surface area contributed by atoms with Gasteiger partial charge in [-0.1, -0.05) is 79.4 Å². The highest BCUT2D eigenvalue weighted by atomic mass is 28.4. The Morgan fingerprint density at radius 2 is 0.806 bits per heavy atom. The third kappa shape index (κ3) is 14.5. The van der Waals surface area contributed by atoms with Crippen LogP contribution in [0.15, 0.2) is 23.6 Å². The van der Waals surface area contributed by atoms with Crippen molar-refractivity contribution < 1.29 is 17.7 Å². The van der Waals surface area contributed by atoms with Crippen molar-refractivity contribution in [2.75, 3.05) is 26.4 Å². The fourth-order valence-corrected chi connectivity index (χ4v) is 12.3. The maximum atomic E-state index is 6.57. The standard InChI is InChI=1S/C25H52O4Si2/c1-7-13-15-17-23-30(26-19-9-3,27-20-10-4)25-31(28-21-11-5,29-22-12-6)24-18-16-14-8-2/h17-18,23-24H,7-16,19-22,25H2,1-6H3. The molecule has 0 unspecified atom stereocenters. The van der Waals surface area contributed by atoms with Gasteiger partial charge in [0.05, 0.1) is 0 Å². The van der Waals surface area contributed by atoms with Crippen molar-refractivity contribution in [2.24, 2.45) is 0 Å². The Labute approximate surface area is 196 Å². The Morgan fingerprint density at radius 3 is 1.06 bits per heavy atom. The summed E-state index contributed by atoms with van der Waals surface area (Å²) in [5.41, 5.74) is 5.35. The number of allylic oxidation sites excluding steroid dienone is 2. The second kappa shape index (κ2) is 20.4. The molecule has 184 valence electrons. The zero-order valence-corrected chi connectivity index (χ0v) is 23.5. The molecule has 0 aromatic carbocycles. The second-order valence-electron chi connectivity index (χ2n) is 8.28. The molecule has 0 aliphatic carbocycles. The first-order chi connectivity index (χ1) is 15.1. The van der Waals surface area contributed by atoms with E-state index < -0.39 is 17.1 Å². The molecule has 0 aromatic rings. The summed E-state index contributed by atoms with van der Waals surface area (Å²) in [6.07, 6.45) is 15.5. The van der Waals surface area contributed by atoms with Gasteiger partial charge in [0.25, 0.3) is 0 Å². The summed E-state index contributed by atoms with van der Waals surface area (Å²) in [6, 6.07) is 0. The Kier molecular flexibility index (Phi) is 20.2. The highest BCUT2D eigenvalue weighted by Crippen LogP contribution is 2.28. The lowest BCUT2D eigenvalue weighted by molar-refractivity contribution is 0.159. The van der Waals surface area contributed by atoms with Crippen LogP contribution in [0.4, 0.5) is 0 Å². The smallest absolute Gasteiger partial charge is 0.367 e. The molecule has 0 aromatic heterocycles. The van der Waals surface area contributed by atoms with Gasteiger partial charge in [-0.15, -0.1) is 0 Å². The molecular weight excluding hydrogens is 420 g/mol. The average molecular weight is 473 g/mol. The van der Waals surface area contributed by atoms with Crippen LogP contribution in [-0.4, -0.2) is 43.5 Å². The summed E-state index contributed by atoms with van der Waals surface area (Å²) in [6.45, 7) is 16.0. The van der Waals surface area contributed by atoms with Crippen LogP contribution in [0.3, 0.4) is 0 Å². The fourth-order valence-electron chi connectivity index (χ4n) is 3.21. The van der Waals surface area contributed by atoms with Crippen LogP contribution in [-0.2, 0) is 17.7 Å². The van der Waals surface area contributed by atoms with Crippen molar-refractivity contribution in [1.29, 1.82) is 0 Å². The minimum absolute atomic E-state index is 0.722. The Hall–Kier alpha value is -0.246. The van der Waals surface area contributed by atoms with Gasteiger partial charge in [0.15, 0.2) is 0 Å². The van der Waals surface area contributed by atoms with Crippen molar-refractivity contribution in [3.05, 3.63) is 23.6 Å². The van der Waals surface area contributed by atoms with Gasteiger partial charge < -0.3 is 17.7 Å². The topological polar surface area (TPSA) is 36.9 Å². The van der Waals surface area contributed by atoms with E-state index in [9.17, 15) is 0 Å². The SMILES string of the molecule is CCCCC=C[Si](C[Si](C=CCCCC)(OCCC)OCCC)(OCCC)OCCC. The van der Waals surface area contributed by atoms with Gasteiger partial charge in [0.1, 0.15) is 0 Å². The number of hydrogen-bond acceptors (Lipinski definition) is 4. The van der Waals surface area contributed by atoms with E-state index >= 15 is 0 Å². The zero-order chi connectivity index (χ0) is 23.3. The van der Waals surface area contributed by atoms with Crippen molar-refractivity contribution in [3.8, 4) is 0 Å². The maximum Gasteiger partial charge on any atom is 0.367 e. The summed E-state index contributed by atoms with van der Waals surface area (Å²) >= 11 is 0. The summed E-state index contributed by atoms with van der Waals surface area (Å²) < 4.78 is 26.3. The van der Waals surface area contributed by atoms with Crippen molar-refractivity contribution >= 4 is 17.1 Å². The van der Waals surface area contributed by atoms with Gasteiger partial charge in [-0.2, -0.15) is 0 Å². The lowest BCUT2D eigenvalue weighted by Gasteiger charge is -2.36. The highest BCUT2D eigenvalue weighted by molar-refractivity contribution is 6.90. The second-order valence-corrected chi connectivity index (χ2v) is 14.8. The molecule has 0 amide bonds. The molecule has 0 saturated carbocycles. The molecule has 6 heteroatoms. The molecule has 4 nitrogen and oxygen atoms in total. The Bertz CT molecular complexity index is 399. The molecule has 0 aliphatic rings. The van der Waals surface area contributed by atoms with Crippen LogP contribution < -0.4 is 0 Å². The lowest BCUT2D eigenvalue weighted by Crippen LogP contribution is -2.54. The third-order valence-electron chi connectivity index (χ3n) is 4.89. The molecule has 0 fully saturated rings. The van der Waals surface area contributed by atoms with Crippen LogP contribution in [0.5, 0.6) is 0 Å². The quantitative estimate of drug-likeness (QED) is 0.119. The first kappa shape index (κ1) is 30.8. The Balaban J connectivity index is 6.01. The Morgan fingerprint density at radius 1 is 0.484 bits per heavy atom. The average Bonchev–Trinajstić information content (AvgIpc) is 2.79. The van der Waals surface area contributed by atoms with Gasteiger partial charge in [0.2, 0.25) is 0 Å². The number of hydrogen-bond donors (Lipinski definition) is 0. The molecule has 0 aliphatic heterocycles. The normalized spacial score (nSPS) is 13.1. The molecule has 0 atom stereocenters. The van der Waals surface area contributed by atoms with Gasteiger partial charge in [-0.05, 0) is 49.9 Å². The molecule has 0 rings (SSSR count). The van der Waals surface area contributed by atoms with E-state index in [0.29, 0.717) is 0 Å². The van der Waals surface area contributed by atoms with E-state index in [1.165, 1.54) is 25.7 Å². The summed E-state index contributed by atoms with van der Waals surface area (Å²) in [5.74, 6) is 0. The van der Waals surface area contributed by atoms with Crippen LogP contribution in [0.2, 0.25) is 5.67 Å². The minimum atomic E-state index is -2.61. The van der Waals surface area contributed by atoms with Crippen molar-refractivity contribution in [1.82, 2.24) is 0 Å². The molecule has 0 heterocycles. The predicted molar refractivity (Wildman–Crippen MR) is 139 cm³/mol. The lowest BCUT2D eigenvalue weighted by atomic mass is 10.2. The fraction of sp³-hybridized carbons (Fsp3) is 0.840.